The lowest BCUT2D eigenvalue weighted by molar-refractivity contribution is -0.145. The van der Waals surface area contributed by atoms with Gasteiger partial charge in [0.15, 0.2) is 0 Å². The molecule has 130 valence electrons. The molecule has 1 fully saturated rings. The van der Waals surface area contributed by atoms with Crippen molar-refractivity contribution in [3.8, 4) is 0 Å². The predicted octanol–water partition coefficient (Wildman–Crippen LogP) is 3.39. The Morgan fingerprint density at radius 2 is 1.78 bits per heavy atom. The molecule has 2 aliphatic rings. The van der Waals surface area contributed by atoms with Crippen LogP contribution >= 0.6 is 0 Å². The molecule has 0 amide bonds. The molecule has 0 heterocycles. The molecule has 0 aromatic rings. The van der Waals surface area contributed by atoms with Crippen molar-refractivity contribution in [3.63, 3.8) is 0 Å². The molecule has 1 unspecified atom stereocenters. The topological polar surface area (TPSA) is 94.8 Å². The fourth-order valence-electron chi connectivity index (χ4n) is 2.89. The number of carbonyl (C=O) groups is 2. The molecule has 0 aromatic heterocycles. The van der Waals surface area contributed by atoms with Gasteiger partial charge < -0.3 is 15.3 Å². The average molecular weight is 324 g/mol. The zero-order chi connectivity index (χ0) is 17.7. The molecule has 0 spiro atoms. The van der Waals surface area contributed by atoms with Gasteiger partial charge in [0.05, 0.1) is 11.0 Å². The Morgan fingerprint density at radius 3 is 2.22 bits per heavy atom. The third kappa shape index (κ3) is 5.82. The van der Waals surface area contributed by atoms with Crippen LogP contribution < -0.4 is 0 Å². The molecule has 2 rings (SSSR count). The molecule has 0 aliphatic heterocycles. The number of aliphatic carboxylic acids is 2. The van der Waals surface area contributed by atoms with Crippen molar-refractivity contribution in [2.45, 2.75) is 64.9 Å². The Hall–Kier alpha value is -1.62. The van der Waals surface area contributed by atoms with Gasteiger partial charge in [0, 0.05) is 5.57 Å². The molecule has 3 N–H and O–H groups in total. The van der Waals surface area contributed by atoms with Crippen LogP contribution in [0.25, 0.3) is 0 Å². The Morgan fingerprint density at radius 1 is 1.22 bits per heavy atom. The van der Waals surface area contributed by atoms with Gasteiger partial charge in [0.2, 0.25) is 0 Å². The van der Waals surface area contributed by atoms with Crippen molar-refractivity contribution in [1.82, 2.24) is 0 Å². The maximum Gasteiger partial charge on any atom is 0.331 e. The summed E-state index contributed by atoms with van der Waals surface area (Å²) in [5.74, 6) is -1.17. The van der Waals surface area contributed by atoms with Crippen LogP contribution in [0.1, 0.15) is 59.3 Å². The summed E-state index contributed by atoms with van der Waals surface area (Å²) < 4.78 is 0. The van der Waals surface area contributed by atoms with Crippen molar-refractivity contribution in [2.24, 2.45) is 11.3 Å². The first kappa shape index (κ1) is 19.4. The largest absolute Gasteiger partial charge is 0.481 e. The summed E-state index contributed by atoms with van der Waals surface area (Å²) >= 11 is 0. The first-order valence-electron chi connectivity index (χ1n) is 8.17. The van der Waals surface area contributed by atoms with Crippen LogP contribution in [0, 0.1) is 11.3 Å². The number of hydrogen-bond donors (Lipinski definition) is 3. The van der Waals surface area contributed by atoms with Gasteiger partial charge >= 0.3 is 11.9 Å². The van der Waals surface area contributed by atoms with Crippen LogP contribution in [-0.2, 0) is 9.59 Å². The molecule has 5 heteroatoms. The number of rotatable bonds is 3. The minimum atomic E-state index is -1.08. The van der Waals surface area contributed by atoms with Gasteiger partial charge in [-0.15, -0.1) is 0 Å². The fraction of sp³-hybridized carbons (Fsp3) is 0.667. The molecule has 0 aromatic carbocycles. The summed E-state index contributed by atoms with van der Waals surface area (Å²) in [7, 11) is 0. The molecule has 0 bridgehead atoms. The number of carboxylic acids is 2. The van der Waals surface area contributed by atoms with E-state index in [1.54, 1.807) is 0 Å². The van der Waals surface area contributed by atoms with E-state index in [0.29, 0.717) is 0 Å². The highest BCUT2D eigenvalue weighted by atomic mass is 16.4. The Labute approximate surface area is 137 Å². The van der Waals surface area contributed by atoms with E-state index in [1.165, 1.54) is 44.4 Å². The average Bonchev–Trinajstić information content (AvgIpc) is 2.48. The monoisotopic (exact) mass is 324 g/mol. The van der Waals surface area contributed by atoms with Crippen molar-refractivity contribution < 1.29 is 24.9 Å². The minimum absolute atomic E-state index is 0.0359. The van der Waals surface area contributed by atoms with Crippen molar-refractivity contribution in [3.05, 3.63) is 23.8 Å². The standard InChI is InChI=1S/C9H10O4.C9H18O/c1-9(8(12)13)4-2-3-6(5-9)7(10)11;1-3-8-4-6-9(2,10)7-5-8/h2-4H,5H2,1H3,(H,10,11)(H,12,13);8,10H,3-7H2,1-2H3. The lowest BCUT2D eigenvalue weighted by Gasteiger charge is -2.32. The maximum atomic E-state index is 10.8. The quantitative estimate of drug-likeness (QED) is 0.739. The Kier molecular flexibility index (Phi) is 6.57. The van der Waals surface area contributed by atoms with E-state index < -0.39 is 17.4 Å². The van der Waals surface area contributed by atoms with E-state index in [-0.39, 0.29) is 17.6 Å². The van der Waals surface area contributed by atoms with Gasteiger partial charge in [0.25, 0.3) is 0 Å². The molecule has 1 saturated carbocycles. The van der Waals surface area contributed by atoms with E-state index in [4.69, 9.17) is 10.2 Å². The van der Waals surface area contributed by atoms with Crippen LogP contribution in [0.15, 0.2) is 23.8 Å². The van der Waals surface area contributed by atoms with E-state index in [9.17, 15) is 14.7 Å². The number of allylic oxidation sites excluding steroid dienone is 2. The summed E-state index contributed by atoms with van der Waals surface area (Å²) in [5.41, 5.74) is -1.29. The second kappa shape index (κ2) is 7.77. The van der Waals surface area contributed by atoms with Gasteiger partial charge in [-0.25, -0.2) is 4.79 Å². The Bertz CT molecular complexity index is 494. The van der Waals surface area contributed by atoms with Crippen molar-refractivity contribution in [1.29, 1.82) is 0 Å². The van der Waals surface area contributed by atoms with Crippen molar-refractivity contribution >= 4 is 11.9 Å². The smallest absolute Gasteiger partial charge is 0.331 e. The van der Waals surface area contributed by atoms with Crippen LogP contribution in [0.2, 0.25) is 0 Å². The second-order valence-corrected chi connectivity index (χ2v) is 7.10. The van der Waals surface area contributed by atoms with Crippen LogP contribution in [0.4, 0.5) is 0 Å². The van der Waals surface area contributed by atoms with Crippen LogP contribution in [-0.4, -0.2) is 32.9 Å². The molecule has 1 atom stereocenters. The zero-order valence-corrected chi connectivity index (χ0v) is 14.2. The van der Waals surface area contributed by atoms with E-state index >= 15 is 0 Å². The number of aliphatic hydroxyl groups is 1. The molecule has 5 nitrogen and oxygen atoms in total. The Balaban J connectivity index is 0.000000238. The van der Waals surface area contributed by atoms with Gasteiger partial charge in [-0.2, -0.15) is 0 Å². The molecule has 23 heavy (non-hydrogen) atoms. The predicted molar refractivity (Wildman–Crippen MR) is 88.1 cm³/mol. The van der Waals surface area contributed by atoms with Crippen molar-refractivity contribution in [2.75, 3.05) is 0 Å². The highest BCUT2D eigenvalue weighted by Gasteiger charge is 2.34. The summed E-state index contributed by atoms with van der Waals surface area (Å²) in [4.78, 5) is 21.3. The number of hydrogen-bond acceptors (Lipinski definition) is 3. The molecule has 2 aliphatic carbocycles. The van der Waals surface area contributed by atoms with Gasteiger partial charge in [-0.3, -0.25) is 4.79 Å². The summed E-state index contributed by atoms with van der Waals surface area (Å²) in [6, 6.07) is 0. The summed E-state index contributed by atoms with van der Waals surface area (Å²) in [6.45, 7) is 5.70. The van der Waals surface area contributed by atoms with Gasteiger partial charge in [0.1, 0.15) is 0 Å². The van der Waals surface area contributed by atoms with E-state index in [1.807, 2.05) is 6.92 Å². The summed E-state index contributed by atoms with van der Waals surface area (Å²) in [5, 5.41) is 27.1. The van der Waals surface area contributed by atoms with E-state index in [0.717, 1.165) is 18.8 Å². The zero-order valence-electron chi connectivity index (χ0n) is 14.2. The molecule has 0 saturated heterocycles. The first-order chi connectivity index (χ1) is 10.6. The SMILES string of the molecule is CC1(C(=O)O)C=CC=C(C(=O)O)C1.CCC1CCC(C)(O)CC1. The fourth-order valence-corrected chi connectivity index (χ4v) is 2.89. The molecular weight excluding hydrogens is 296 g/mol. The minimum Gasteiger partial charge on any atom is -0.481 e. The normalized spacial score (nSPS) is 33.2. The maximum absolute atomic E-state index is 10.8. The first-order valence-corrected chi connectivity index (χ1v) is 8.17. The summed E-state index contributed by atoms with van der Waals surface area (Å²) in [6.07, 6.45) is 10.2. The highest BCUT2D eigenvalue weighted by molar-refractivity contribution is 5.90. The second-order valence-electron chi connectivity index (χ2n) is 7.10. The number of carboxylic acid groups (broad SMARTS) is 2. The third-order valence-corrected chi connectivity index (χ3v) is 4.84. The van der Waals surface area contributed by atoms with Gasteiger partial charge in [-0.05, 0) is 51.9 Å². The van der Waals surface area contributed by atoms with E-state index in [2.05, 4.69) is 6.92 Å². The lowest BCUT2D eigenvalue weighted by atomic mass is 9.79. The molecule has 0 radical (unpaired) electrons. The third-order valence-electron chi connectivity index (χ3n) is 4.84. The van der Waals surface area contributed by atoms with Crippen LogP contribution in [0.5, 0.6) is 0 Å². The lowest BCUT2D eigenvalue weighted by Crippen LogP contribution is -2.30. The van der Waals surface area contributed by atoms with Crippen LogP contribution in [0.3, 0.4) is 0 Å². The highest BCUT2D eigenvalue weighted by Crippen LogP contribution is 2.33. The van der Waals surface area contributed by atoms with Gasteiger partial charge in [-0.1, -0.05) is 31.6 Å². The molecular formula is C18H28O5.